The molecule has 1 heterocycles. The SMILES string of the molecule is CCOc1c(/C(C)=C/C(=O)NCCc2cccc(OC)c2)cc2c(C)coc2c1C. The molecule has 0 aliphatic rings. The van der Waals surface area contributed by atoms with Crippen LogP contribution in [0.15, 0.2) is 47.1 Å². The zero-order valence-corrected chi connectivity index (χ0v) is 18.3. The van der Waals surface area contributed by atoms with Gasteiger partial charge in [-0.2, -0.15) is 0 Å². The van der Waals surface area contributed by atoms with Gasteiger partial charge in [0.15, 0.2) is 0 Å². The third-order valence-electron chi connectivity index (χ3n) is 5.15. The molecule has 0 atom stereocenters. The average molecular weight is 408 g/mol. The maximum absolute atomic E-state index is 12.5. The Labute approximate surface area is 177 Å². The predicted molar refractivity (Wildman–Crippen MR) is 120 cm³/mol. The minimum Gasteiger partial charge on any atom is -0.497 e. The van der Waals surface area contributed by atoms with Gasteiger partial charge in [-0.15, -0.1) is 0 Å². The molecule has 0 unspecified atom stereocenters. The number of allylic oxidation sites excluding steroid dienone is 1. The van der Waals surface area contributed by atoms with E-state index in [4.69, 9.17) is 13.9 Å². The number of carbonyl (C=O) groups is 1. The minimum absolute atomic E-state index is 0.125. The molecule has 0 aliphatic heterocycles. The maximum atomic E-state index is 12.5. The van der Waals surface area contributed by atoms with Crippen LogP contribution in [0, 0.1) is 13.8 Å². The lowest BCUT2D eigenvalue weighted by Gasteiger charge is -2.14. The molecule has 5 heteroatoms. The second-order valence-electron chi connectivity index (χ2n) is 7.33. The summed E-state index contributed by atoms with van der Waals surface area (Å²) in [5, 5.41) is 4.00. The van der Waals surface area contributed by atoms with Crippen LogP contribution in [0.25, 0.3) is 16.5 Å². The third-order valence-corrected chi connectivity index (χ3v) is 5.15. The van der Waals surface area contributed by atoms with E-state index in [0.29, 0.717) is 13.2 Å². The first-order chi connectivity index (χ1) is 14.4. The number of benzene rings is 2. The molecule has 0 fully saturated rings. The number of aryl methyl sites for hydroxylation is 2. The number of fused-ring (bicyclic) bond motifs is 1. The van der Waals surface area contributed by atoms with Crippen molar-refractivity contribution in [2.45, 2.75) is 34.1 Å². The number of hydrogen-bond acceptors (Lipinski definition) is 4. The Morgan fingerprint density at radius 3 is 2.77 bits per heavy atom. The Balaban J connectivity index is 1.76. The number of ether oxygens (including phenoxy) is 2. The standard InChI is InChI=1S/C25H29NO4/c1-6-29-24-18(4)25-22(17(3)15-30-25)14-21(24)16(2)12-23(27)26-11-10-19-8-7-9-20(13-19)28-5/h7-9,12-15H,6,10-11H2,1-5H3,(H,26,27)/b16-12+. The molecule has 5 nitrogen and oxygen atoms in total. The Hall–Kier alpha value is -3.21. The smallest absolute Gasteiger partial charge is 0.244 e. The van der Waals surface area contributed by atoms with E-state index < -0.39 is 0 Å². The lowest BCUT2D eigenvalue weighted by atomic mass is 9.98. The van der Waals surface area contributed by atoms with Gasteiger partial charge in [0.05, 0.1) is 20.0 Å². The van der Waals surface area contributed by atoms with E-state index in [0.717, 1.165) is 56.7 Å². The Kier molecular flexibility index (Phi) is 6.83. The third kappa shape index (κ3) is 4.67. The van der Waals surface area contributed by atoms with Crippen LogP contribution in [0.5, 0.6) is 11.5 Å². The normalized spacial score (nSPS) is 11.6. The van der Waals surface area contributed by atoms with Crippen LogP contribution in [0.1, 0.15) is 36.1 Å². The molecule has 30 heavy (non-hydrogen) atoms. The van der Waals surface area contributed by atoms with Crippen molar-refractivity contribution < 1.29 is 18.7 Å². The summed E-state index contributed by atoms with van der Waals surface area (Å²) in [5.74, 6) is 1.45. The summed E-state index contributed by atoms with van der Waals surface area (Å²) in [7, 11) is 1.65. The monoisotopic (exact) mass is 407 g/mol. The van der Waals surface area contributed by atoms with Gasteiger partial charge in [0, 0.05) is 29.1 Å². The summed E-state index contributed by atoms with van der Waals surface area (Å²) in [6, 6.07) is 9.90. The fourth-order valence-electron chi connectivity index (χ4n) is 3.54. The van der Waals surface area contributed by atoms with Crippen LogP contribution < -0.4 is 14.8 Å². The molecule has 0 radical (unpaired) electrons. The molecule has 3 aromatic rings. The van der Waals surface area contributed by atoms with E-state index in [1.165, 1.54) is 0 Å². The predicted octanol–water partition coefficient (Wildman–Crippen LogP) is 5.22. The molecule has 0 saturated heterocycles. The summed E-state index contributed by atoms with van der Waals surface area (Å²) in [6.45, 7) is 8.97. The zero-order chi connectivity index (χ0) is 21.7. The average Bonchev–Trinajstić information content (AvgIpc) is 3.11. The molecule has 0 saturated carbocycles. The van der Waals surface area contributed by atoms with E-state index >= 15 is 0 Å². The minimum atomic E-state index is -0.125. The van der Waals surface area contributed by atoms with Crippen molar-refractivity contribution in [3.05, 3.63) is 64.9 Å². The summed E-state index contributed by atoms with van der Waals surface area (Å²) >= 11 is 0. The molecular formula is C25H29NO4. The van der Waals surface area contributed by atoms with Gasteiger partial charge in [-0.25, -0.2) is 0 Å². The number of nitrogens with one attached hydrogen (secondary N) is 1. The van der Waals surface area contributed by atoms with Gasteiger partial charge in [-0.1, -0.05) is 12.1 Å². The molecule has 2 aromatic carbocycles. The first-order valence-corrected chi connectivity index (χ1v) is 10.2. The van der Waals surface area contributed by atoms with Crippen LogP contribution in [-0.4, -0.2) is 26.2 Å². The van der Waals surface area contributed by atoms with E-state index in [2.05, 4.69) is 5.32 Å². The summed E-state index contributed by atoms with van der Waals surface area (Å²) < 4.78 is 16.9. The van der Waals surface area contributed by atoms with Crippen molar-refractivity contribution in [2.24, 2.45) is 0 Å². The zero-order valence-electron chi connectivity index (χ0n) is 18.3. The molecular weight excluding hydrogens is 378 g/mol. The highest BCUT2D eigenvalue weighted by Crippen LogP contribution is 2.37. The molecule has 3 rings (SSSR count). The highest BCUT2D eigenvalue weighted by Gasteiger charge is 2.17. The van der Waals surface area contributed by atoms with E-state index in [1.54, 1.807) is 19.4 Å². The Morgan fingerprint density at radius 1 is 1.23 bits per heavy atom. The van der Waals surface area contributed by atoms with Crippen LogP contribution in [-0.2, 0) is 11.2 Å². The Bertz CT molecular complexity index is 1080. The fraction of sp³-hybridized carbons (Fsp3) is 0.320. The van der Waals surface area contributed by atoms with Crippen LogP contribution in [0.4, 0.5) is 0 Å². The molecule has 1 aromatic heterocycles. The van der Waals surface area contributed by atoms with Crippen molar-refractivity contribution in [3.63, 3.8) is 0 Å². The van der Waals surface area contributed by atoms with E-state index in [9.17, 15) is 4.79 Å². The van der Waals surface area contributed by atoms with Crippen LogP contribution >= 0.6 is 0 Å². The largest absolute Gasteiger partial charge is 0.497 e. The number of furan rings is 1. The molecule has 0 spiro atoms. The van der Waals surface area contributed by atoms with Crippen molar-refractivity contribution in [3.8, 4) is 11.5 Å². The number of rotatable bonds is 8. The second-order valence-corrected chi connectivity index (χ2v) is 7.33. The van der Waals surface area contributed by atoms with Crippen LogP contribution in [0.3, 0.4) is 0 Å². The Morgan fingerprint density at radius 2 is 2.03 bits per heavy atom. The molecule has 158 valence electrons. The van der Waals surface area contributed by atoms with Gasteiger partial charge < -0.3 is 19.2 Å². The topological polar surface area (TPSA) is 60.7 Å². The van der Waals surface area contributed by atoms with Crippen molar-refractivity contribution >= 4 is 22.4 Å². The van der Waals surface area contributed by atoms with Gasteiger partial charge in [0.25, 0.3) is 0 Å². The summed E-state index contributed by atoms with van der Waals surface area (Å²) in [6.07, 6.45) is 4.12. The molecule has 0 bridgehead atoms. The highest BCUT2D eigenvalue weighted by atomic mass is 16.5. The second kappa shape index (κ2) is 9.53. The summed E-state index contributed by atoms with van der Waals surface area (Å²) in [5.41, 5.74) is 5.72. The quantitative estimate of drug-likeness (QED) is 0.520. The molecule has 0 aliphatic carbocycles. The maximum Gasteiger partial charge on any atom is 0.244 e. The number of methoxy groups -OCH3 is 1. The first-order valence-electron chi connectivity index (χ1n) is 10.2. The highest BCUT2D eigenvalue weighted by molar-refractivity contribution is 5.98. The lowest BCUT2D eigenvalue weighted by Crippen LogP contribution is -2.23. The van der Waals surface area contributed by atoms with Gasteiger partial charge in [0.2, 0.25) is 5.91 Å². The van der Waals surface area contributed by atoms with Gasteiger partial charge in [0.1, 0.15) is 17.1 Å². The van der Waals surface area contributed by atoms with Crippen molar-refractivity contribution in [2.75, 3.05) is 20.3 Å². The van der Waals surface area contributed by atoms with Crippen LogP contribution in [0.2, 0.25) is 0 Å². The van der Waals surface area contributed by atoms with Gasteiger partial charge in [-0.05, 0) is 69.0 Å². The van der Waals surface area contributed by atoms with Crippen molar-refractivity contribution in [1.82, 2.24) is 5.32 Å². The number of amides is 1. The number of hydrogen-bond donors (Lipinski definition) is 1. The van der Waals surface area contributed by atoms with Gasteiger partial charge in [-0.3, -0.25) is 4.79 Å². The van der Waals surface area contributed by atoms with E-state index in [1.807, 2.05) is 58.0 Å². The summed E-state index contributed by atoms with van der Waals surface area (Å²) in [4.78, 5) is 12.5. The van der Waals surface area contributed by atoms with Crippen molar-refractivity contribution in [1.29, 1.82) is 0 Å². The van der Waals surface area contributed by atoms with Gasteiger partial charge >= 0.3 is 0 Å². The molecule has 1 amide bonds. The first kappa shape index (κ1) is 21.5. The molecule has 1 N–H and O–H groups in total. The lowest BCUT2D eigenvalue weighted by molar-refractivity contribution is -0.116. The van der Waals surface area contributed by atoms with E-state index in [-0.39, 0.29) is 5.91 Å². The number of carbonyl (C=O) groups excluding carboxylic acids is 1. The fourth-order valence-corrected chi connectivity index (χ4v) is 3.54.